The number of ether oxygens (including phenoxy) is 2. The fourth-order valence-corrected chi connectivity index (χ4v) is 2.73. The van der Waals surface area contributed by atoms with Crippen molar-refractivity contribution in [1.29, 1.82) is 0 Å². The molecule has 0 spiro atoms. The molecule has 3 rings (SSSR count). The number of benzene rings is 2. The number of methoxy groups -OCH3 is 2. The van der Waals surface area contributed by atoms with Crippen LogP contribution in [0.4, 0.5) is 15.8 Å². The molecule has 1 saturated heterocycles. The molecule has 0 saturated carbocycles. The van der Waals surface area contributed by atoms with Crippen molar-refractivity contribution in [3.63, 3.8) is 0 Å². The Morgan fingerprint density at radius 3 is 2.56 bits per heavy atom. The Hall–Kier alpha value is -3.09. The molecule has 1 atom stereocenters. The van der Waals surface area contributed by atoms with Gasteiger partial charge in [-0.25, -0.2) is 9.29 Å². The SMILES string of the molecule is COc1ccc(N2C(=O)CC(Nc3ccccc3F)C2=O)c(OC)c1. The number of hydrogen-bond acceptors (Lipinski definition) is 5. The molecule has 2 aromatic carbocycles. The molecule has 130 valence electrons. The summed E-state index contributed by atoms with van der Waals surface area (Å²) < 4.78 is 24.2. The Morgan fingerprint density at radius 2 is 1.88 bits per heavy atom. The zero-order valence-electron chi connectivity index (χ0n) is 13.8. The number of nitrogens with one attached hydrogen (secondary N) is 1. The molecule has 1 N–H and O–H groups in total. The van der Waals surface area contributed by atoms with Crippen LogP contribution < -0.4 is 19.7 Å². The fourth-order valence-electron chi connectivity index (χ4n) is 2.73. The second-order valence-corrected chi connectivity index (χ2v) is 5.49. The smallest absolute Gasteiger partial charge is 0.256 e. The number of carbonyl (C=O) groups excluding carboxylic acids is 2. The van der Waals surface area contributed by atoms with Crippen molar-refractivity contribution >= 4 is 23.2 Å². The van der Waals surface area contributed by atoms with Crippen LogP contribution in [0.3, 0.4) is 0 Å². The van der Waals surface area contributed by atoms with Gasteiger partial charge in [0, 0.05) is 6.07 Å². The highest BCUT2D eigenvalue weighted by atomic mass is 19.1. The van der Waals surface area contributed by atoms with Gasteiger partial charge in [0.05, 0.1) is 32.0 Å². The van der Waals surface area contributed by atoms with Crippen molar-refractivity contribution in [3.8, 4) is 11.5 Å². The Balaban J connectivity index is 1.88. The Morgan fingerprint density at radius 1 is 1.12 bits per heavy atom. The molecule has 0 radical (unpaired) electrons. The summed E-state index contributed by atoms with van der Waals surface area (Å²) >= 11 is 0. The highest BCUT2D eigenvalue weighted by Gasteiger charge is 2.41. The highest BCUT2D eigenvalue weighted by molar-refractivity contribution is 6.23. The van der Waals surface area contributed by atoms with E-state index >= 15 is 0 Å². The second-order valence-electron chi connectivity index (χ2n) is 5.49. The van der Waals surface area contributed by atoms with Crippen LogP contribution in [-0.2, 0) is 9.59 Å². The van der Waals surface area contributed by atoms with Gasteiger partial charge in [-0.05, 0) is 24.3 Å². The number of nitrogens with zero attached hydrogens (tertiary/aromatic N) is 1. The van der Waals surface area contributed by atoms with Crippen LogP contribution in [0.15, 0.2) is 42.5 Å². The van der Waals surface area contributed by atoms with Crippen LogP contribution in [0.5, 0.6) is 11.5 Å². The van der Waals surface area contributed by atoms with Gasteiger partial charge in [-0.15, -0.1) is 0 Å². The van der Waals surface area contributed by atoms with Crippen LogP contribution in [0.1, 0.15) is 6.42 Å². The number of halogens is 1. The van der Waals surface area contributed by atoms with Gasteiger partial charge in [-0.2, -0.15) is 0 Å². The highest BCUT2D eigenvalue weighted by Crippen LogP contribution is 2.35. The first-order valence-electron chi connectivity index (χ1n) is 7.65. The topological polar surface area (TPSA) is 67.9 Å². The molecule has 6 nitrogen and oxygen atoms in total. The zero-order valence-corrected chi connectivity index (χ0v) is 13.8. The van der Waals surface area contributed by atoms with Gasteiger partial charge in [0.2, 0.25) is 5.91 Å². The zero-order chi connectivity index (χ0) is 18.0. The summed E-state index contributed by atoms with van der Waals surface area (Å²) in [5, 5.41) is 2.80. The van der Waals surface area contributed by atoms with E-state index in [0.717, 1.165) is 4.90 Å². The summed E-state index contributed by atoms with van der Waals surface area (Å²) in [4.78, 5) is 26.1. The largest absolute Gasteiger partial charge is 0.497 e. The van der Waals surface area contributed by atoms with Gasteiger partial charge >= 0.3 is 0 Å². The van der Waals surface area contributed by atoms with Gasteiger partial charge in [-0.3, -0.25) is 9.59 Å². The Bertz CT molecular complexity index is 824. The number of carbonyl (C=O) groups is 2. The number of hydrogen-bond donors (Lipinski definition) is 1. The predicted octanol–water partition coefficient (Wildman–Crippen LogP) is 2.59. The maximum absolute atomic E-state index is 13.8. The summed E-state index contributed by atoms with van der Waals surface area (Å²) in [5.41, 5.74) is 0.508. The van der Waals surface area contributed by atoms with Crippen LogP contribution >= 0.6 is 0 Å². The number of anilines is 2. The van der Waals surface area contributed by atoms with Crippen LogP contribution in [0.2, 0.25) is 0 Å². The van der Waals surface area contributed by atoms with Gasteiger partial charge in [0.15, 0.2) is 0 Å². The molecular formula is C18H17FN2O4. The fraction of sp³-hybridized carbons (Fsp3) is 0.222. The lowest BCUT2D eigenvalue weighted by Crippen LogP contribution is -2.35. The number of imide groups is 1. The molecular weight excluding hydrogens is 327 g/mol. The Kier molecular flexibility index (Phi) is 4.56. The predicted molar refractivity (Wildman–Crippen MR) is 90.5 cm³/mol. The minimum absolute atomic E-state index is 0.0671. The summed E-state index contributed by atoms with van der Waals surface area (Å²) in [6.45, 7) is 0. The van der Waals surface area contributed by atoms with Crippen molar-refractivity contribution in [2.75, 3.05) is 24.4 Å². The molecule has 1 aliphatic heterocycles. The van der Waals surface area contributed by atoms with E-state index in [0.29, 0.717) is 17.2 Å². The van der Waals surface area contributed by atoms with Crippen LogP contribution in [-0.4, -0.2) is 32.1 Å². The lowest BCUT2D eigenvalue weighted by molar-refractivity contribution is -0.121. The molecule has 25 heavy (non-hydrogen) atoms. The van der Waals surface area contributed by atoms with E-state index in [1.54, 1.807) is 30.3 Å². The molecule has 0 bridgehead atoms. The Labute approximate surface area is 144 Å². The average Bonchev–Trinajstić information content (AvgIpc) is 2.90. The maximum atomic E-state index is 13.8. The lowest BCUT2D eigenvalue weighted by Gasteiger charge is -2.19. The minimum Gasteiger partial charge on any atom is -0.497 e. The van der Waals surface area contributed by atoms with E-state index in [-0.39, 0.29) is 18.0 Å². The summed E-state index contributed by atoms with van der Waals surface area (Å²) in [6.07, 6.45) is -0.0671. The number of amides is 2. The molecule has 1 heterocycles. The molecule has 7 heteroatoms. The second kappa shape index (κ2) is 6.80. The maximum Gasteiger partial charge on any atom is 0.256 e. The molecule has 1 unspecified atom stereocenters. The van der Waals surface area contributed by atoms with Crippen molar-refractivity contribution < 1.29 is 23.5 Å². The normalized spacial score (nSPS) is 16.9. The van der Waals surface area contributed by atoms with Gasteiger partial charge in [-0.1, -0.05) is 12.1 Å². The van der Waals surface area contributed by atoms with E-state index < -0.39 is 17.8 Å². The minimum atomic E-state index is -0.837. The van der Waals surface area contributed by atoms with Crippen LogP contribution in [0, 0.1) is 5.82 Å². The monoisotopic (exact) mass is 344 g/mol. The molecule has 2 aromatic rings. The summed E-state index contributed by atoms with van der Waals surface area (Å²) in [6, 6.07) is 9.98. The standard InChI is InChI=1S/C18H17FN2O4/c1-24-11-7-8-15(16(9-11)25-2)21-17(22)10-14(18(21)23)20-13-6-4-3-5-12(13)19/h3-9,14,20H,10H2,1-2H3. The van der Waals surface area contributed by atoms with Crippen molar-refractivity contribution in [2.45, 2.75) is 12.5 Å². The number of para-hydroxylation sites is 1. The van der Waals surface area contributed by atoms with Crippen molar-refractivity contribution in [1.82, 2.24) is 0 Å². The number of rotatable bonds is 5. The summed E-state index contributed by atoms with van der Waals surface area (Å²) in [5.74, 6) is -0.449. The molecule has 0 aromatic heterocycles. The molecule has 1 fully saturated rings. The van der Waals surface area contributed by atoms with Crippen molar-refractivity contribution in [2.24, 2.45) is 0 Å². The molecule has 0 aliphatic carbocycles. The van der Waals surface area contributed by atoms with Crippen LogP contribution in [0.25, 0.3) is 0 Å². The quantitative estimate of drug-likeness (QED) is 0.845. The first-order valence-corrected chi connectivity index (χ1v) is 7.65. The van der Waals surface area contributed by atoms with E-state index in [1.807, 2.05) is 0 Å². The van der Waals surface area contributed by atoms with E-state index in [1.165, 1.54) is 26.4 Å². The third kappa shape index (κ3) is 3.13. The van der Waals surface area contributed by atoms with E-state index in [9.17, 15) is 14.0 Å². The lowest BCUT2D eigenvalue weighted by atomic mass is 10.2. The van der Waals surface area contributed by atoms with E-state index in [2.05, 4.69) is 5.32 Å². The third-order valence-electron chi connectivity index (χ3n) is 3.98. The molecule has 1 aliphatic rings. The average molecular weight is 344 g/mol. The van der Waals surface area contributed by atoms with Gasteiger partial charge in [0.25, 0.3) is 5.91 Å². The van der Waals surface area contributed by atoms with Crippen molar-refractivity contribution in [3.05, 3.63) is 48.3 Å². The van der Waals surface area contributed by atoms with Gasteiger partial charge < -0.3 is 14.8 Å². The first kappa shape index (κ1) is 16.8. The molecule has 2 amide bonds. The summed E-state index contributed by atoms with van der Waals surface area (Å²) in [7, 11) is 2.95. The third-order valence-corrected chi connectivity index (χ3v) is 3.98. The van der Waals surface area contributed by atoms with Gasteiger partial charge in [0.1, 0.15) is 23.4 Å². The first-order chi connectivity index (χ1) is 12.0. The van der Waals surface area contributed by atoms with E-state index in [4.69, 9.17) is 9.47 Å².